The Balaban J connectivity index is 2.66. The van der Waals surface area contributed by atoms with Crippen molar-refractivity contribution < 1.29 is 4.92 Å². The van der Waals surface area contributed by atoms with Gasteiger partial charge in [0.05, 0.1) is 10.6 Å². The Kier molecular flexibility index (Phi) is 3.41. The van der Waals surface area contributed by atoms with Crippen LogP contribution in [0.1, 0.15) is 18.3 Å². The van der Waals surface area contributed by atoms with Crippen LogP contribution >= 0.6 is 0 Å². The Bertz CT molecular complexity index is 622. The first-order valence-electron chi connectivity index (χ1n) is 5.81. The van der Waals surface area contributed by atoms with Crippen LogP contribution in [0.4, 0.5) is 11.5 Å². The fraction of sp³-hybridized carbons (Fsp3) is 0.364. The van der Waals surface area contributed by atoms with Crippen molar-refractivity contribution in [3.63, 3.8) is 0 Å². The lowest BCUT2D eigenvalue weighted by atomic mass is 10.4. The van der Waals surface area contributed by atoms with Crippen LogP contribution in [0.2, 0.25) is 0 Å². The van der Waals surface area contributed by atoms with E-state index in [-0.39, 0.29) is 17.3 Å². The first kappa shape index (κ1) is 12.9. The Hall–Kier alpha value is -2.51. The zero-order chi connectivity index (χ0) is 14.0. The van der Waals surface area contributed by atoms with Gasteiger partial charge in [0.2, 0.25) is 11.6 Å². The highest BCUT2D eigenvalue weighted by molar-refractivity contribution is 5.64. The highest BCUT2D eigenvalue weighted by Gasteiger charge is 2.25. The molecule has 2 aromatic rings. The molecular formula is C11H14N6O2. The van der Waals surface area contributed by atoms with E-state index in [0.717, 1.165) is 11.4 Å². The van der Waals surface area contributed by atoms with Gasteiger partial charge in [0, 0.05) is 12.2 Å². The average Bonchev–Trinajstić information content (AvgIpc) is 2.68. The molecule has 0 aromatic carbocycles. The lowest BCUT2D eigenvalue weighted by molar-refractivity contribution is -0.384. The van der Waals surface area contributed by atoms with Crippen molar-refractivity contribution in [2.75, 3.05) is 11.9 Å². The molecule has 19 heavy (non-hydrogen) atoms. The lowest BCUT2D eigenvalue weighted by Crippen LogP contribution is -2.11. The van der Waals surface area contributed by atoms with Crippen molar-refractivity contribution in [2.24, 2.45) is 0 Å². The molecule has 8 nitrogen and oxygen atoms in total. The topological polar surface area (TPSA) is 98.8 Å². The van der Waals surface area contributed by atoms with Gasteiger partial charge < -0.3 is 5.32 Å². The third kappa shape index (κ3) is 2.37. The summed E-state index contributed by atoms with van der Waals surface area (Å²) in [5.41, 5.74) is 1.38. The number of nitro groups is 1. The molecule has 0 aliphatic heterocycles. The number of hydrogen-bond donors (Lipinski definition) is 1. The minimum Gasteiger partial charge on any atom is -0.364 e. The quantitative estimate of drug-likeness (QED) is 0.664. The zero-order valence-electron chi connectivity index (χ0n) is 10.9. The van der Waals surface area contributed by atoms with E-state index in [1.807, 2.05) is 26.8 Å². The number of anilines is 1. The molecule has 0 bridgehead atoms. The molecule has 0 saturated carbocycles. The van der Waals surface area contributed by atoms with E-state index in [4.69, 9.17) is 0 Å². The van der Waals surface area contributed by atoms with Crippen LogP contribution in [0.15, 0.2) is 12.4 Å². The number of nitrogens with zero attached hydrogens (tertiary/aromatic N) is 5. The van der Waals surface area contributed by atoms with Crippen LogP contribution in [0.25, 0.3) is 5.82 Å². The molecule has 0 amide bonds. The molecule has 0 aliphatic rings. The van der Waals surface area contributed by atoms with Gasteiger partial charge in [-0.3, -0.25) is 10.1 Å². The summed E-state index contributed by atoms with van der Waals surface area (Å²) < 4.78 is 1.45. The predicted molar refractivity (Wildman–Crippen MR) is 69.4 cm³/mol. The molecule has 0 fully saturated rings. The van der Waals surface area contributed by atoms with Crippen LogP contribution in [-0.4, -0.2) is 31.2 Å². The number of hydrogen-bond acceptors (Lipinski definition) is 6. The molecule has 0 saturated heterocycles. The summed E-state index contributed by atoms with van der Waals surface area (Å²) in [5.74, 6) is 0.367. The van der Waals surface area contributed by atoms with E-state index in [1.165, 1.54) is 11.0 Å². The Morgan fingerprint density at radius 3 is 2.68 bits per heavy atom. The molecule has 0 radical (unpaired) electrons. The molecular weight excluding hydrogens is 248 g/mol. The number of aromatic nitrogens is 4. The highest BCUT2D eigenvalue weighted by atomic mass is 16.6. The van der Waals surface area contributed by atoms with Crippen molar-refractivity contribution >= 4 is 11.5 Å². The van der Waals surface area contributed by atoms with E-state index in [1.54, 1.807) is 0 Å². The molecule has 8 heteroatoms. The van der Waals surface area contributed by atoms with Crippen LogP contribution in [0.5, 0.6) is 0 Å². The highest BCUT2D eigenvalue weighted by Crippen LogP contribution is 2.28. The summed E-state index contributed by atoms with van der Waals surface area (Å²) in [7, 11) is 0. The summed E-state index contributed by atoms with van der Waals surface area (Å²) in [5, 5.41) is 18.3. The second-order valence-corrected chi connectivity index (χ2v) is 4.02. The monoisotopic (exact) mass is 262 g/mol. The van der Waals surface area contributed by atoms with Gasteiger partial charge in [-0.2, -0.15) is 5.10 Å². The third-order valence-corrected chi connectivity index (χ3v) is 2.54. The second kappa shape index (κ2) is 5.01. The van der Waals surface area contributed by atoms with Gasteiger partial charge in [0.25, 0.3) is 0 Å². The van der Waals surface area contributed by atoms with Gasteiger partial charge >= 0.3 is 5.69 Å². The fourth-order valence-corrected chi connectivity index (χ4v) is 1.83. The minimum atomic E-state index is -0.496. The maximum atomic E-state index is 11.3. The molecule has 2 rings (SSSR count). The summed E-state index contributed by atoms with van der Waals surface area (Å²) in [6.07, 6.45) is 1.29. The Morgan fingerprint density at radius 2 is 2.16 bits per heavy atom. The molecule has 0 aliphatic carbocycles. The van der Waals surface area contributed by atoms with Gasteiger partial charge in [-0.15, -0.1) is 0 Å². The maximum Gasteiger partial charge on any atom is 0.355 e. The maximum absolute atomic E-state index is 11.3. The fourth-order valence-electron chi connectivity index (χ4n) is 1.83. The van der Waals surface area contributed by atoms with Crippen molar-refractivity contribution in [1.82, 2.24) is 19.7 Å². The van der Waals surface area contributed by atoms with Crippen molar-refractivity contribution in [1.29, 1.82) is 0 Å². The summed E-state index contributed by atoms with van der Waals surface area (Å²) in [4.78, 5) is 18.7. The third-order valence-electron chi connectivity index (χ3n) is 2.54. The Labute approximate surface area is 109 Å². The largest absolute Gasteiger partial charge is 0.364 e. The summed E-state index contributed by atoms with van der Waals surface area (Å²) in [6, 6.07) is 1.83. The molecule has 0 spiro atoms. The van der Waals surface area contributed by atoms with Gasteiger partial charge in [0.1, 0.15) is 6.33 Å². The first-order chi connectivity index (χ1) is 9.04. The molecule has 0 atom stereocenters. The standard InChI is InChI=1S/C11H14N6O2/c1-4-12-10-9(17(18)19)11(14-6-13-10)16-8(3)5-7(2)15-16/h5-6H,4H2,1-3H3,(H,12,13,14). The number of rotatable bonds is 4. The lowest BCUT2D eigenvalue weighted by Gasteiger charge is -2.07. The predicted octanol–water partition coefficient (Wildman–Crippen LogP) is 1.62. The van der Waals surface area contributed by atoms with Crippen molar-refractivity contribution in [2.45, 2.75) is 20.8 Å². The normalized spacial score (nSPS) is 10.5. The number of aryl methyl sites for hydroxylation is 2. The summed E-state index contributed by atoms with van der Waals surface area (Å²) in [6.45, 7) is 6.02. The van der Waals surface area contributed by atoms with Crippen LogP contribution in [0, 0.1) is 24.0 Å². The van der Waals surface area contributed by atoms with Crippen LogP contribution in [-0.2, 0) is 0 Å². The smallest absolute Gasteiger partial charge is 0.355 e. The van der Waals surface area contributed by atoms with Crippen molar-refractivity contribution in [3.05, 3.63) is 33.9 Å². The van der Waals surface area contributed by atoms with Gasteiger partial charge in [-0.1, -0.05) is 0 Å². The average molecular weight is 262 g/mol. The van der Waals surface area contributed by atoms with E-state index < -0.39 is 4.92 Å². The van der Waals surface area contributed by atoms with E-state index in [9.17, 15) is 10.1 Å². The molecule has 2 heterocycles. The molecule has 1 N–H and O–H groups in total. The number of nitrogens with one attached hydrogen (secondary N) is 1. The van der Waals surface area contributed by atoms with Crippen LogP contribution < -0.4 is 5.32 Å². The molecule has 100 valence electrons. The van der Waals surface area contributed by atoms with Crippen LogP contribution in [0.3, 0.4) is 0 Å². The van der Waals surface area contributed by atoms with Gasteiger partial charge in [0.15, 0.2) is 0 Å². The van der Waals surface area contributed by atoms with Gasteiger partial charge in [-0.05, 0) is 26.8 Å². The van der Waals surface area contributed by atoms with E-state index in [0.29, 0.717) is 6.54 Å². The van der Waals surface area contributed by atoms with E-state index in [2.05, 4.69) is 20.4 Å². The zero-order valence-corrected chi connectivity index (χ0v) is 10.9. The Morgan fingerprint density at radius 1 is 1.42 bits per heavy atom. The molecule has 0 unspecified atom stereocenters. The van der Waals surface area contributed by atoms with Crippen molar-refractivity contribution in [3.8, 4) is 5.82 Å². The molecule has 2 aromatic heterocycles. The SMILES string of the molecule is CCNc1ncnc(-n2nc(C)cc2C)c1[N+](=O)[O-]. The van der Waals surface area contributed by atoms with E-state index >= 15 is 0 Å². The second-order valence-electron chi connectivity index (χ2n) is 4.02. The van der Waals surface area contributed by atoms with Gasteiger partial charge in [-0.25, -0.2) is 14.6 Å². The minimum absolute atomic E-state index is 0.168. The summed E-state index contributed by atoms with van der Waals surface area (Å²) >= 11 is 0. The first-order valence-corrected chi connectivity index (χ1v) is 5.81.